The number of ether oxygens (including phenoxy) is 1. The summed E-state index contributed by atoms with van der Waals surface area (Å²) in [6, 6.07) is 15.6. The van der Waals surface area contributed by atoms with Crippen LogP contribution in [-0.4, -0.2) is 58.6 Å². The lowest BCUT2D eigenvalue weighted by Gasteiger charge is -2.37. The molecule has 0 bridgehead atoms. The number of thiophene rings is 1. The quantitative estimate of drug-likeness (QED) is 0.218. The van der Waals surface area contributed by atoms with Gasteiger partial charge in [0.15, 0.2) is 0 Å². The molecule has 2 atom stereocenters. The Morgan fingerprint density at radius 2 is 1.87 bits per heavy atom. The minimum absolute atomic E-state index is 0.0882. The van der Waals surface area contributed by atoms with Crippen molar-refractivity contribution in [3.63, 3.8) is 0 Å². The van der Waals surface area contributed by atoms with Gasteiger partial charge in [-0.2, -0.15) is 0 Å². The maximum Gasteiger partial charge on any atom is 0.407 e. The molecule has 7 rings (SSSR count). The third-order valence-corrected chi connectivity index (χ3v) is 11.5. The van der Waals surface area contributed by atoms with Crippen LogP contribution in [-0.2, 0) is 17.6 Å². The zero-order valence-corrected chi connectivity index (χ0v) is 28.2. The molecule has 0 saturated carbocycles. The van der Waals surface area contributed by atoms with Crippen LogP contribution < -0.4 is 16.2 Å². The highest BCUT2D eigenvalue weighted by Gasteiger charge is 2.42. The van der Waals surface area contributed by atoms with Gasteiger partial charge in [0.05, 0.1) is 17.5 Å². The van der Waals surface area contributed by atoms with Gasteiger partial charge in [0.1, 0.15) is 10.4 Å². The highest BCUT2D eigenvalue weighted by atomic mass is 32.1. The van der Waals surface area contributed by atoms with E-state index in [1.165, 1.54) is 28.7 Å². The van der Waals surface area contributed by atoms with Crippen molar-refractivity contribution in [3.05, 3.63) is 86.8 Å². The number of alkyl carbamates (subject to hydrolysis) is 1. The number of benzene rings is 1. The third-order valence-electron chi connectivity index (χ3n) is 10.4. The summed E-state index contributed by atoms with van der Waals surface area (Å²) < 4.78 is 5.61. The second-order valence-corrected chi connectivity index (χ2v) is 15.6. The van der Waals surface area contributed by atoms with Crippen LogP contribution in [0.5, 0.6) is 0 Å². The molecule has 3 aliphatic rings. The zero-order chi connectivity index (χ0) is 32.8. The molecule has 3 N–H and O–H groups in total. The third kappa shape index (κ3) is 6.85. The molecule has 1 spiro atoms. The Kier molecular flexibility index (Phi) is 8.42. The number of rotatable bonds is 7. The first-order valence-corrected chi connectivity index (χ1v) is 17.6. The average Bonchev–Trinajstić information content (AvgIpc) is 3.65. The standard InChI is InChI=1S/C37H43N5O4S/c1-36(2,3)28-9-10-29-26(19-28)18-27-20-31(47-34(27)41-29)33(44)40-30(12-15-42-16-13-37(14-17-42)22-39-35(45)46-37)24-6-4-23(5-7-24)25-8-11-32(43)38-21-25/h4-8,11,18,20-21,28,30H,9-10,12-17,19,22H2,1-3H3,(H,38,43)(H,39,45)(H,40,44)/t28-,30+/m0/s1. The van der Waals surface area contributed by atoms with E-state index in [4.69, 9.17) is 9.72 Å². The SMILES string of the molecule is CC(C)(C)[C@H]1CCc2nc3sc(C(=O)N[C@H](CCN4CCC5(CC4)CNC(=O)O5)c4ccc(-c5ccc(=O)[nH]c5)cc4)cc3cc2C1. The van der Waals surface area contributed by atoms with E-state index in [-0.39, 0.29) is 34.6 Å². The molecule has 47 heavy (non-hydrogen) atoms. The predicted octanol–water partition coefficient (Wildman–Crippen LogP) is 6.24. The first kappa shape index (κ1) is 31.6. The maximum atomic E-state index is 13.8. The number of fused-ring (bicyclic) bond motifs is 2. The van der Waals surface area contributed by atoms with Crippen molar-refractivity contribution < 1.29 is 14.3 Å². The van der Waals surface area contributed by atoms with Crippen LogP contribution in [0, 0.1) is 11.3 Å². The summed E-state index contributed by atoms with van der Waals surface area (Å²) in [5.74, 6) is 0.539. The molecule has 1 aliphatic carbocycles. The molecule has 0 radical (unpaired) electrons. The molecule has 3 aromatic heterocycles. The first-order valence-electron chi connectivity index (χ1n) is 16.8. The minimum Gasteiger partial charge on any atom is -0.441 e. The Morgan fingerprint density at radius 3 is 2.55 bits per heavy atom. The zero-order valence-electron chi connectivity index (χ0n) is 27.4. The summed E-state index contributed by atoms with van der Waals surface area (Å²) in [5.41, 5.74) is 5.18. The number of aryl methyl sites for hydroxylation is 1. The summed E-state index contributed by atoms with van der Waals surface area (Å²) in [6.07, 6.45) is 6.90. The fraction of sp³-hybridized carbons (Fsp3) is 0.459. The molecular formula is C37H43N5O4S. The topological polar surface area (TPSA) is 116 Å². The van der Waals surface area contributed by atoms with Crippen LogP contribution in [0.25, 0.3) is 21.3 Å². The van der Waals surface area contributed by atoms with Gasteiger partial charge in [0.2, 0.25) is 5.56 Å². The molecule has 10 heteroatoms. The van der Waals surface area contributed by atoms with E-state index in [2.05, 4.69) is 59.5 Å². The second-order valence-electron chi connectivity index (χ2n) is 14.6. The van der Waals surface area contributed by atoms with E-state index in [9.17, 15) is 14.4 Å². The number of aromatic nitrogens is 2. The number of nitrogens with one attached hydrogen (secondary N) is 3. The summed E-state index contributed by atoms with van der Waals surface area (Å²) >= 11 is 1.47. The van der Waals surface area contributed by atoms with Crippen molar-refractivity contribution in [1.82, 2.24) is 25.5 Å². The van der Waals surface area contributed by atoms with Gasteiger partial charge in [0.25, 0.3) is 5.91 Å². The van der Waals surface area contributed by atoms with Crippen LogP contribution >= 0.6 is 11.3 Å². The lowest BCUT2D eigenvalue weighted by molar-refractivity contribution is 0.000267. The van der Waals surface area contributed by atoms with Gasteiger partial charge in [-0.3, -0.25) is 9.59 Å². The van der Waals surface area contributed by atoms with Crippen LogP contribution in [0.15, 0.2) is 59.5 Å². The number of nitrogens with zero attached hydrogens (tertiary/aromatic N) is 2. The van der Waals surface area contributed by atoms with Crippen LogP contribution in [0.2, 0.25) is 0 Å². The van der Waals surface area contributed by atoms with E-state index in [0.29, 0.717) is 17.3 Å². The number of aromatic amines is 1. The minimum atomic E-state index is -0.388. The molecule has 9 nitrogen and oxygen atoms in total. The Balaban J connectivity index is 1.09. The fourth-order valence-corrected chi connectivity index (χ4v) is 8.24. The number of carbonyl (C=O) groups excluding carboxylic acids is 2. The van der Waals surface area contributed by atoms with E-state index in [0.717, 1.165) is 85.1 Å². The molecule has 2 amide bonds. The summed E-state index contributed by atoms with van der Waals surface area (Å²) in [5, 5.41) is 7.21. The van der Waals surface area contributed by atoms with Crippen molar-refractivity contribution in [3.8, 4) is 11.1 Å². The van der Waals surface area contributed by atoms with E-state index < -0.39 is 0 Å². The molecule has 0 unspecified atom stereocenters. The number of hydrogen-bond donors (Lipinski definition) is 3. The monoisotopic (exact) mass is 653 g/mol. The van der Waals surface area contributed by atoms with Crippen molar-refractivity contribution in [2.45, 2.75) is 70.9 Å². The van der Waals surface area contributed by atoms with Crippen molar-refractivity contribution in [1.29, 1.82) is 0 Å². The highest BCUT2D eigenvalue weighted by molar-refractivity contribution is 7.20. The second kappa shape index (κ2) is 12.5. The molecular weight excluding hydrogens is 611 g/mol. The number of hydrogen-bond acceptors (Lipinski definition) is 7. The van der Waals surface area contributed by atoms with Crippen LogP contribution in [0.3, 0.4) is 0 Å². The fourth-order valence-electron chi connectivity index (χ4n) is 7.30. The molecule has 246 valence electrons. The van der Waals surface area contributed by atoms with Gasteiger partial charge in [-0.25, -0.2) is 9.78 Å². The molecule has 2 saturated heterocycles. The van der Waals surface area contributed by atoms with Gasteiger partial charge in [-0.15, -0.1) is 11.3 Å². The number of likely N-dealkylation sites (tertiary alicyclic amines) is 1. The van der Waals surface area contributed by atoms with Gasteiger partial charge in [0, 0.05) is 55.8 Å². The van der Waals surface area contributed by atoms with Crippen LogP contribution in [0.1, 0.15) is 79.0 Å². The summed E-state index contributed by atoms with van der Waals surface area (Å²) in [4.78, 5) is 48.8. The number of piperidine rings is 1. The number of H-pyrrole nitrogens is 1. The maximum absolute atomic E-state index is 13.8. The van der Waals surface area contributed by atoms with Crippen molar-refractivity contribution >= 4 is 33.6 Å². The molecule has 5 heterocycles. The number of amides is 2. The largest absolute Gasteiger partial charge is 0.441 e. The Labute approximate surface area is 279 Å². The Hall–Kier alpha value is -4.02. The lowest BCUT2D eigenvalue weighted by Crippen LogP contribution is -2.47. The van der Waals surface area contributed by atoms with Gasteiger partial charge in [-0.05, 0) is 77.5 Å². The smallest absolute Gasteiger partial charge is 0.407 e. The van der Waals surface area contributed by atoms with Crippen molar-refractivity contribution in [2.24, 2.45) is 11.3 Å². The van der Waals surface area contributed by atoms with E-state index in [1.54, 1.807) is 6.20 Å². The Bertz CT molecular complexity index is 1830. The molecule has 4 aromatic rings. The normalized spacial score (nSPS) is 20.1. The lowest BCUT2D eigenvalue weighted by atomic mass is 9.71. The summed E-state index contributed by atoms with van der Waals surface area (Å²) in [7, 11) is 0. The van der Waals surface area contributed by atoms with Crippen molar-refractivity contribution in [2.75, 3.05) is 26.2 Å². The van der Waals surface area contributed by atoms with E-state index in [1.807, 2.05) is 24.3 Å². The van der Waals surface area contributed by atoms with Gasteiger partial charge >= 0.3 is 6.09 Å². The number of carbonyl (C=O) groups is 2. The van der Waals surface area contributed by atoms with Crippen LogP contribution in [0.4, 0.5) is 4.79 Å². The summed E-state index contributed by atoms with van der Waals surface area (Å²) in [6.45, 7) is 10.0. The molecule has 1 aromatic carbocycles. The number of pyridine rings is 2. The van der Waals surface area contributed by atoms with Gasteiger partial charge < -0.3 is 25.3 Å². The Morgan fingerprint density at radius 1 is 1.11 bits per heavy atom. The average molecular weight is 654 g/mol. The molecule has 2 aliphatic heterocycles. The molecule has 2 fully saturated rings. The first-order chi connectivity index (χ1) is 22.5. The van der Waals surface area contributed by atoms with Gasteiger partial charge in [-0.1, -0.05) is 45.0 Å². The highest BCUT2D eigenvalue weighted by Crippen LogP contribution is 2.39. The van der Waals surface area contributed by atoms with E-state index >= 15 is 0 Å². The predicted molar refractivity (Wildman–Crippen MR) is 185 cm³/mol.